The molecule has 2 rings (SSSR count). The van der Waals surface area contributed by atoms with Crippen LogP contribution in [0.5, 0.6) is 0 Å². The maximum atomic E-state index is 11.7. The second-order valence-corrected chi connectivity index (χ2v) is 3.60. The molecule has 3 N–H and O–H groups in total. The van der Waals surface area contributed by atoms with Crippen LogP contribution in [0.25, 0.3) is 10.9 Å². The van der Waals surface area contributed by atoms with Crippen molar-refractivity contribution in [2.75, 3.05) is 6.61 Å². The molecule has 0 bridgehead atoms. The largest absolute Gasteiger partial charge is 0.368 e. The van der Waals surface area contributed by atoms with Gasteiger partial charge in [0.1, 0.15) is 0 Å². The molecule has 0 saturated heterocycles. The molecule has 18 heavy (non-hydrogen) atoms. The Bertz CT molecular complexity index is 598. The zero-order valence-corrected chi connectivity index (χ0v) is 9.42. The number of aromatic nitrogens is 1. The molecule has 0 saturated carbocycles. The van der Waals surface area contributed by atoms with Gasteiger partial charge in [-0.2, -0.15) is 0 Å². The number of primary amides is 1. The van der Waals surface area contributed by atoms with Gasteiger partial charge in [-0.25, -0.2) is 5.48 Å². The highest BCUT2D eigenvalue weighted by Crippen LogP contribution is 2.13. The van der Waals surface area contributed by atoms with E-state index in [4.69, 9.17) is 5.73 Å². The number of nitrogens with zero attached hydrogens (tertiary/aromatic N) is 1. The minimum absolute atomic E-state index is 0.360. The number of hydrogen-bond donors (Lipinski definition) is 2. The first-order chi connectivity index (χ1) is 8.66. The summed E-state index contributed by atoms with van der Waals surface area (Å²) in [6.07, 6.45) is 1.68. The summed E-state index contributed by atoms with van der Waals surface area (Å²) in [4.78, 5) is 30.9. The molecular formula is C12H11N3O3. The summed E-state index contributed by atoms with van der Waals surface area (Å²) in [6.45, 7) is -0.360. The third-order valence-corrected chi connectivity index (χ3v) is 2.24. The van der Waals surface area contributed by atoms with E-state index in [1.165, 1.54) is 0 Å². The van der Waals surface area contributed by atoms with E-state index in [0.717, 1.165) is 10.9 Å². The van der Waals surface area contributed by atoms with Crippen molar-refractivity contribution in [1.29, 1.82) is 0 Å². The van der Waals surface area contributed by atoms with Crippen LogP contribution in [0.15, 0.2) is 36.5 Å². The number of hydrogen-bond acceptors (Lipinski definition) is 4. The lowest BCUT2D eigenvalue weighted by Gasteiger charge is -2.05. The Kier molecular flexibility index (Phi) is 3.49. The number of carbonyl (C=O) groups is 2. The van der Waals surface area contributed by atoms with Crippen LogP contribution in [0.4, 0.5) is 0 Å². The average molecular weight is 245 g/mol. The predicted molar refractivity (Wildman–Crippen MR) is 64.4 cm³/mol. The minimum atomic E-state index is -0.655. The van der Waals surface area contributed by atoms with E-state index in [2.05, 4.69) is 15.3 Å². The van der Waals surface area contributed by atoms with Gasteiger partial charge in [0.2, 0.25) is 5.91 Å². The van der Waals surface area contributed by atoms with E-state index in [-0.39, 0.29) is 6.61 Å². The number of pyridine rings is 1. The molecule has 2 aromatic rings. The molecular weight excluding hydrogens is 234 g/mol. The summed E-state index contributed by atoms with van der Waals surface area (Å²) >= 11 is 0. The fourth-order valence-electron chi connectivity index (χ4n) is 1.45. The van der Waals surface area contributed by atoms with Crippen LogP contribution in [0.1, 0.15) is 10.4 Å². The second kappa shape index (κ2) is 5.24. The van der Waals surface area contributed by atoms with Crippen molar-refractivity contribution < 1.29 is 14.4 Å². The van der Waals surface area contributed by atoms with Crippen LogP contribution in [0.2, 0.25) is 0 Å². The quantitative estimate of drug-likeness (QED) is 0.761. The number of nitrogens with two attached hydrogens (primary N) is 1. The van der Waals surface area contributed by atoms with Crippen molar-refractivity contribution in [2.24, 2.45) is 5.73 Å². The fraction of sp³-hybridized carbons (Fsp3) is 0.0833. The highest BCUT2D eigenvalue weighted by Gasteiger charge is 2.07. The van der Waals surface area contributed by atoms with Gasteiger partial charge in [-0.3, -0.25) is 19.4 Å². The molecule has 0 aliphatic heterocycles. The number of carbonyl (C=O) groups excluding carboxylic acids is 2. The molecule has 92 valence electrons. The summed E-state index contributed by atoms with van der Waals surface area (Å²) in [5.74, 6) is -1.10. The molecule has 1 aromatic heterocycles. The van der Waals surface area contributed by atoms with E-state index in [1.807, 2.05) is 6.07 Å². The van der Waals surface area contributed by atoms with Crippen molar-refractivity contribution >= 4 is 22.7 Å². The van der Waals surface area contributed by atoms with E-state index in [9.17, 15) is 9.59 Å². The molecule has 1 aromatic carbocycles. The highest BCUT2D eigenvalue weighted by atomic mass is 16.7. The Balaban J connectivity index is 2.10. The maximum Gasteiger partial charge on any atom is 0.274 e. The molecule has 0 spiro atoms. The lowest BCUT2D eigenvalue weighted by molar-refractivity contribution is -0.124. The standard InChI is InChI=1S/C12H11N3O3/c13-11(16)7-18-15-12(17)9-3-4-10-8(6-9)2-1-5-14-10/h1-6H,7H2,(H2,13,16)(H,15,17). The van der Waals surface area contributed by atoms with Crippen molar-refractivity contribution in [3.63, 3.8) is 0 Å². The lowest BCUT2D eigenvalue weighted by Crippen LogP contribution is -2.29. The van der Waals surface area contributed by atoms with Crippen molar-refractivity contribution in [2.45, 2.75) is 0 Å². The molecule has 6 heteroatoms. The summed E-state index contributed by atoms with van der Waals surface area (Å²) in [7, 11) is 0. The molecule has 0 unspecified atom stereocenters. The predicted octanol–water partition coefficient (Wildman–Crippen LogP) is 0.382. The number of rotatable bonds is 4. The third kappa shape index (κ3) is 2.80. The van der Waals surface area contributed by atoms with Crippen molar-refractivity contribution in [3.05, 3.63) is 42.1 Å². The van der Waals surface area contributed by atoms with Gasteiger partial charge in [0, 0.05) is 17.1 Å². The van der Waals surface area contributed by atoms with Crippen LogP contribution in [-0.4, -0.2) is 23.4 Å². The van der Waals surface area contributed by atoms with Crippen LogP contribution >= 0.6 is 0 Å². The Morgan fingerprint density at radius 2 is 2.17 bits per heavy atom. The summed E-state index contributed by atoms with van der Waals surface area (Å²) in [6, 6.07) is 8.68. The Morgan fingerprint density at radius 1 is 1.33 bits per heavy atom. The smallest absolute Gasteiger partial charge is 0.274 e. The fourth-order valence-corrected chi connectivity index (χ4v) is 1.45. The van der Waals surface area contributed by atoms with E-state index in [1.54, 1.807) is 30.5 Å². The zero-order chi connectivity index (χ0) is 13.0. The van der Waals surface area contributed by atoms with Gasteiger partial charge in [-0.1, -0.05) is 6.07 Å². The molecule has 0 aliphatic carbocycles. The normalized spacial score (nSPS) is 10.2. The molecule has 2 amide bonds. The Morgan fingerprint density at radius 3 is 2.94 bits per heavy atom. The molecule has 0 fully saturated rings. The number of benzene rings is 1. The topological polar surface area (TPSA) is 94.3 Å². The van der Waals surface area contributed by atoms with Gasteiger partial charge in [0.25, 0.3) is 5.91 Å². The Labute approximate surface area is 103 Å². The van der Waals surface area contributed by atoms with E-state index >= 15 is 0 Å². The van der Waals surface area contributed by atoms with Crippen LogP contribution in [0, 0.1) is 0 Å². The number of fused-ring (bicyclic) bond motifs is 1. The summed E-state index contributed by atoms with van der Waals surface area (Å²) in [5.41, 5.74) is 8.22. The van der Waals surface area contributed by atoms with Crippen molar-refractivity contribution in [3.8, 4) is 0 Å². The maximum absolute atomic E-state index is 11.7. The van der Waals surface area contributed by atoms with E-state index in [0.29, 0.717) is 5.56 Å². The SMILES string of the molecule is NC(=O)CONC(=O)c1ccc2ncccc2c1. The molecule has 0 radical (unpaired) electrons. The number of hydroxylamine groups is 1. The van der Waals surface area contributed by atoms with Gasteiger partial charge < -0.3 is 5.73 Å². The monoisotopic (exact) mass is 245 g/mol. The first-order valence-electron chi connectivity index (χ1n) is 5.22. The zero-order valence-electron chi connectivity index (χ0n) is 9.42. The van der Waals surface area contributed by atoms with E-state index < -0.39 is 11.8 Å². The van der Waals surface area contributed by atoms with Gasteiger partial charge in [-0.15, -0.1) is 0 Å². The van der Waals surface area contributed by atoms with Crippen LogP contribution in [-0.2, 0) is 9.63 Å². The minimum Gasteiger partial charge on any atom is -0.368 e. The van der Waals surface area contributed by atoms with Gasteiger partial charge in [0.15, 0.2) is 6.61 Å². The number of amides is 2. The third-order valence-electron chi connectivity index (χ3n) is 2.24. The van der Waals surface area contributed by atoms with Gasteiger partial charge in [0.05, 0.1) is 5.52 Å². The summed E-state index contributed by atoms with van der Waals surface area (Å²) < 4.78 is 0. The molecule has 6 nitrogen and oxygen atoms in total. The van der Waals surface area contributed by atoms with Gasteiger partial charge in [-0.05, 0) is 24.3 Å². The van der Waals surface area contributed by atoms with Gasteiger partial charge >= 0.3 is 0 Å². The lowest BCUT2D eigenvalue weighted by atomic mass is 10.1. The number of nitrogens with one attached hydrogen (secondary N) is 1. The van der Waals surface area contributed by atoms with Crippen LogP contribution in [0.3, 0.4) is 0 Å². The molecule has 1 heterocycles. The van der Waals surface area contributed by atoms with Crippen LogP contribution < -0.4 is 11.2 Å². The first kappa shape index (κ1) is 12.0. The molecule has 0 atom stereocenters. The first-order valence-corrected chi connectivity index (χ1v) is 5.22. The Hall–Kier alpha value is -2.47. The highest BCUT2D eigenvalue weighted by molar-refractivity contribution is 5.97. The average Bonchev–Trinajstić information content (AvgIpc) is 2.37. The molecule has 0 aliphatic rings. The van der Waals surface area contributed by atoms with Crippen molar-refractivity contribution in [1.82, 2.24) is 10.5 Å². The second-order valence-electron chi connectivity index (χ2n) is 3.60. The summed E-state index contributed by atoms with van der Waals surface area (Å²) in [5, 5.41) is 0.847.